The van der Waals surface area contributed by atoms with Crippen LogP contribution in [0.4, 0.5) is 17.1 Å². The van der Waals surface area contributed by atoms with Gasteiger partial charge in [-0.05, 0) is 24.3 Å². The second-order valence-electron chi connectivity index (χ2n) is 3.65. The maximum absolute atomic E-state index is 10.5. The highest BCUT2D eigenvalue weighted by molar-refractivity contribution is 5.90. The second-order valence-corrected chi connectivity index (χ2v) is 3.65. The number of nitrogens with one attached hydrogen (secondary N) is 1. The van der Waals surface area contributed by atoms with Crippen LogP contribution in [-0.4, -0.2) is 6.41 Å². The molecular formula is C13H13N3O. The molecule has 0 aromatic heterocycles. The van der Waals surface area contributed by atoms with Gasteiger partial charge < -0.3 is 16.8 Å². The van der Waals surface area contributed by atoms with E-state index in [2.05, 4.69) is 5.32 Å². The molecule has 0 fully saturated rings. The lowest BCUT2D eigenvalue weighted by molar-refractivity contribution is -0.105. The molecule has 0 saturated carbocycles. The predicted molar refractivity (Wildman–Crippen MR) is 70.4 cm³/mol. The zero-order valence-electron chi connectivity index (χ0n) is 9.18. The van der Waals surface area contributed by atoms with Crippen molar-refractivity contribution in [2.45, 2.75) is 0 Å². The largest absolute Gasteiger partial charge is 0.399 e. The maximum atomic E-state index is 10.5. The highest BCUT2D eigenvalue weighted by Crippen LogP contribution is 2.33. The van der Waals surface area contributed by atoms with Crippen molar-refractivity contribution in [3.8, 4) is 11.1 Å². The van der Waals surface area contributed by atoms with Gasteiger partial charge in [0.05, 0.1) is 0 Å². The van der Waals surface area contributed by atoms with Crippen LogP contribution in [0.15, 0.2) is 42.5 Å². The molecule has 0 spiro atoms. The Morgan fingerprint density at radius 1 is 1.00 bits per heavy atom. The van der Waals surface area contributed by atoms with Gasteiger partial charge in [-0.15, -0.1) is 0 Å². The monoisotopic (exact) mass is 227 g/mol. The van der Waals surface area contributed by atoms with Crippen LogP contribution in [0.3, 0.4) is 0 Å². The third kappa shape index (κ3) is 2.20. The maximum Gasteiger partial charge on any atom is 0.211 e. The third-order valence-corrected chi connectivity index (χ3v) is 2.51. The number of nitrogen functional groups attached to an aromatic ring is 2. The van der Waals surface area contributed by atoms with Crippen LogP contribution in [-0.2, 0) is 4.79 Å². The first-order valence-corrected chi connectivity index (χ1v) is 5.17. The SMILES string of the molecule is Nc1ccc(N)c(-c2ccccc2NC=O)c1. The van der Waals surface area contributed by atoms with E-state index >= 15 is 0 Å². The molecule has 0 radical (unpaired) electrons. The van der Waals surface area contributed by atoms with E-state index in [0.29, 0.717) is 23.5 Å². The summed E-state index contributed by atoms with van der Waals surface area (Å²) in [5.41, 5.74) is 15.3. The summed E-state index contributed by atoms with van der Waals surface area (Å²) < 4.78 is 0. The Morgan fingerprint density at radius 2 is 1.76 bits per heavy atom. The summed E-state index contributed by atoms with van der Waals surface area (Å²) in [5, 5.41) is 2.64. The number of rotatable bonds is 3. The van der Waals surface area contributed by atoms with Crippen molar-refractivity contribution in [1.29, 1.82) is 0 Å². The molecule has 86 valence electrons. The van der Waals surface area contributed by atoms with Crippen LogP contribution < -0.4 is 16.8 Å². The molecule has 5 N–H and O–H groups in total. The quantitative estimate of drug-likeness (QED) is 0.554. The zero-order chi connectivity index (χ0) is 12.3. The Kier molecular flexibility index (Phi) is 2.96. The fourth-order valence-corrected chi connectivity index (χ4v) is 1.71. The molecule has 4 nitrogen and oxygen atoms in total. The van der Waals surface area contributed by atoms with E-state index in [1.807, 2.05) is 24.3 Å². The Balaban J connectivity index is 2.59. The van der Waals surface area contributed by atoms with Gasteiger partial charge in [0.1, 0.15) is 0 Å². The lowest BCUT2D eigenvalue weighted by atomic mass is 10.0. The summed E-state index contributed by atoms with van der Waals surface area (Å²) >= 11 is 0. The molecule has 0 bridgehead atoms. The Bertz CT molecular complexity index is 552. The number of para-hydroxylation sites is 1. The molecule has 2 aromatic carbocycles. The van der Waals surface area contributed by atoms with Crippen molar-refractivity contribution in [2.75, 3.05) is 16.8 Å². The molecule has 0 heterocycles. The molecule has 0 atom stereocenters. The van der Waals surface area contributed by atoms with Gasteiger partial charge in [-0.1, -0.05) is 18.2 Å². The van der Waals surface area contributed by atoms with Gasteiger partial charge in [0.25, 0.3) is 0 Å². The van der Waals surface area contributed by atoms with Crippen molar-refractivity contribution >= 4 is 23.5 Å². The summed E-state index contributed by atoms with van der Waals surface area (Å²) in [4.78, 5) is 10.5. The summed E-state index contributed by atoms with van der Waals surface area (Å²) in [6.45, 7) is 0. The molecule has 0 saturated heterocycles. The van der Waals surface area contributed by atoms with Crippen LogP contribution in [0.1, 0.15) is 0 Å². The van der Waals surface area contributed by atoms with Gasteiger partial charge >= 0.3 is 0 Å². The minimum atomic E-state index is 0.624. The Hall–Kier alpha value is -2.49. The first-order chi connectivity index (χ1) is 8.22. The average Bonchev–Trinajstić information content (AvgIpc) is 2.34. The van der Waals surface area contributed by atoms with Crippen LogP contribution in [0, 0.1) is 0 Å². The van der Waals surface area contributed by atoms with E-state index in [9.17, 15) is 4.79 Å². The lowest BCUT2D eigenvalue weighted by Gasteiger charge is -2.11. The first kappa shape index (κ1) is 11.0. The number of hydrogen-bond donors (Lipinski definition) is 3. The van der Waals surface area contributed by atoms with Gasteiger partial charge in [0.15, 0.2) is 0 Å². The van der Waals surface area contributed by atoms with Crippen molar-refractivity contribution in [1.82, 2.24) is 0 Å². The molecule has 17 heavy (non-hydrogen) atoms. The number of carbonyl (C=O) groups is 1. The van der Waals surface area contributed by atoms with Crippen LogP contribution in [0.25, 0.3) is 11.1 Å². The lowest BCUT2D eigenvalue weighted by Crippen LogP contribution is -1.98. The van der Waals surface area contributed by atoms with Gasteiger partial charge in [0.2, 0.25) is 6.41 Å². The number of anilines is 3. The summed E-state index contributed by atoms with van der Waals surface area (Å²) in [7, 11) is 0. The molecule has 2 rings (SSSR count). The molecule has 0 aliphatic carbocycles. The Labute approximate surface area is 99.2 Å². The van der Waals surface area contributed by atoms with E-state index < -0.39 is 0 Å². The zero-order valence-corrected chi connectivity index (χ0v) is 9.18. The number of carbonyl (C=O) groups excluding carboxylic acids is 1. The minimum Gasteiger partial charge on any atom is -0.399 e. The topological polar surface area (TPSA) is 81.1 Å². The van der Waals surface area contributed by atoms with E-state index in [1.165, 1.54) is 0 Å². The highest BCUT2D eigenvalue weighted by Gasteiger charge is 2.07. The van der Waals surface area contributed by atoms with E-state index in [0.717, 1.165) is 11.1 Å². The summed E-state index contributed by atoms with van der Waals surface area (Å²) in [6.07, 6.45) is 0.640. The predicted octanol–water partition coefficient (Wildman–Crippen LogP) is 2.09. The number of hydrogen-bond acceptors (Lipinski definition) is 3. The molecular weight excluding hydrogens is 214 g/mol. The minimum absolute atomic E-state index is 0.624. The molecule has 0 aliphatic rings. The van der Waals surface area contributed by atoms with Crippen molar-refractivity contribution in [2.24, 2.45) is 0 Å². The molecule has 0 aliphatic heterocycles. The van der Waals surface area contributed by atoms with Crippen LogP contribution in [0.2, 0.25) is 0 Å². The van der Waals surface area contributed by atoms with Gasteiger partial charge in [-0.3, -0.25) is 4.79 Å². The van der Waals surface area contributed by atoms with E-state index in [1.54, 1.807) is 18.2 Å². The van der Waals surface area contributed by atoms with Gasteiger partial charge in [-0.2, -0.15) is 0 Å². The smallest absolute Gasteiger partial charge is 0.211 e. The normalized spacial score (nSPS) is 9.88. The fourth-order valence-electron chi connectivity index (χ4n) is 1.71. The standard InChI is InChI=1S/C13H13N3O/c14-9-5-6-12(15)11(7-9)10-3-1-2-4-13(10)16-8-17/h1-8H,14-15H2,(H,16,17). The van der Waals surface area contributed by atoms with Crippen LogP contribution >= 0.6 is 0 Å². The molecule has 1 amide bonds. The van der Waals surface area contributed by atoms with Crippen LogP contribution in [0.5, 0.6) is 0 Å². The fraction of sp³-hybridized carbons (Fsp3) is 0. The second kappa shape index (κ2) is 4.57. The highest BCUT2D eigenvalue weighted by atomic mass is 16.1. The third-order valence-electron chi connectivity index (χ3n) is 2.51. The number of amides is 1. The average molecular weight is 227 g/mol. The number of benzene rings is 2. The van der Waals surface area contributed by atoms with E-state index in [4.69, 9.17) is 11.5 Å². The summed E-state index contributed by atoms with van der Waals surface area (Å²) in [5.74, 6) is 0. The number of nitrogens with two attached hydrogens (primary N) is 2. The van der Waals surface area contributed by atoms with Gasteiger partial charge in [-0.25, -0.2) is 0 Å². The van der Waals surface area contributed by atoms with Crippen molar-refractivity contribution < 1.29 is 4.79 Å². The van der Waals surface area contributed by atoms with E-state index in [-0.39, 0.29) is 0 Å². The first-order valence-electron chi connectivity index (χ1n) is 5.17. The summed E-state index contributed by atoms with van der Waals surface area (Å²) in [6, 6.07) is 12.7. The molecule has 0 unspecified atom stereocenters. The Morgan fingerprint density at radius 3 is 2.53 bits per heavy atom. The molecule has 4 heteroatoms. The van der Waals surface area contributed by atoms with Crippen molar-refractivity contribution in [3.05, 3.63) is 42.5 Å². The molecule has 2 aromatic rings. The van der Waals surface area contributed by atoms with Crippen molar-refractivity contribution in [3.63, 3.8) is 0 Å². The van der Waals surface area contributed by atoms with Gasteiger partial charge in [0, 0.05) is 28.2 Å².